The molecule has 1 aromatic heterocycles. The van der Waals surface area contributed by atoms with E-state index in [1.807, 2.05) is 28.9 Å². The number of rotatable bonds is 7. The van der Waals surface area contributed by atoms with E-state index in [1.54, 1.807) is 7.11 Å². The highest BCUT2D eigenvalue weighted by atomic mass is 32.2. The molecule has 0 spiro atoms. The largest absolute Gasteiger partial charge is 0.514 e. The highest BCUT2D eigenvalue weighted by Gasteiger charge is 2.33. The van der Waals surface area contributed by atoms with Gasteiger partial charge in [0.05, 0.1) is 38.8 Å². The van der Waals surface area contributed by atoms with Gasteiger partial charge in [-0.25, -0.2) is 9.48 Å². The highest BCUT2D eigenvalue weighted by Crippen LogP contribution is 2.39. The summed E-state index contributed by atoms with van der Waals surface area (Å²) in [5, 5.41) is 19.2. The Morgan fingerprint density at radius 3 is 2.58 bits per heavy atom. The topological polar surface area (TPSA) is 135 Å². The van der Waals surface area contributed by atoms with Gasteiger partial charge in [0.15, 0.2) is 0 Å². The fourth-order valence-electron chi connectivity index (χ4n) is 5.15. The van der Waals surface area contributed by atoms with Crippen LogP contribution in [0.2, 0.25) is 0 Å². The Hall–Kier alpha value is -3.77. The summed E-state index contributed by atoms with van der Waals surface area (Å²) in [6.07, 6.45) is 0.727. The molecule has 2 heterocycles. The van der Waals surface area contributed by atoms with E-state index in [9.17, 15) is 19.1 Å². The minimum absolute atomic E-state index is 0.0883. The van der Waals surface area contributed by atoms with E-state index in [-0.39, 0.29) is 35.1 Å². The number of hydrogen-bond acceptors (Lipinski definition) is 9. The standard InChI is InChI=1S/C28H32N4O7S/c1-28(2,3)31-26(29-18-6-12-25-22(14-18)24(37-4)16-40(25)36)15-23(30-31)17-5-9-21(13-17)39-27(33)38-20-10-7-19(8-11-20)32(34)35/h6-8,10-12,14-15,17,21,24,29H,5,9,13,16H2,1-4H3. The summed E-state index contributed by atoms with van der Waals surface area (Å²) in [7, 11) is 0.570. The number of nitrogens with zero attached hydrogens (tertiary/aromatic N) is 3. The maximum atomic E-state index is 12.4. The maximum absolute atomic E-state index is 12.4. The first-order valence-corrected chi connectivity index (χ1v) is 14.4. The van der Waals surface area contributed by atoms with Crippen molar-refractivity contribution in [3.05, 3.63) is 69.9 Å². The van der Waals surface area contributed by atoms with Gasteiger partial charge in [0, 0.05) is 41.8 Å². The number of nitrogens with one attached hydrogen (secondary N) is 1. The van der Waals surface area contributed by atoms with Crippen LogP contribution in [-0.2, 0) is 25.8 Å². The second kappa shape index (κ2) is 11.0. The highest BCUT2D eigenvalue weighted by molar-refractivity contribution is 7.85. The van der Waals surface area contributed by atoms with Gasteiger partial charge in [-0.2, -0.15) is 5.10 Å². The molecule has 0 saturated heterocycles. The van der Waals surface area contributed by atoms with E-state index in [0.29, 0.717) is 18.6 Å². The first kappa shape index (κ1) is 27.8. The van der Waals surface area contributed by atoms with Gasteiger partial charge in [0.25, 0.3) is 5.69 Å². The minimum Gasteiger partial charge on any atom is -0.431 e. The molecule has 0 radical (unpaired) electrons. The summed E-state index contributed by atoms with van der Waals surface area (Å²) in [5.41, 5.74) is 2.32. The molecule has 5 rings (SSSR count). The Morgan fingerprint density at radius 1 is 1.15 bits per heavy atom. The molecule has 3 aromatic rings. The second-order valence-corrected chi connectivity index (χ2v) is 12.5. The van der Waals surface area contributed by atoms with E-state index in [2.05, 4.69) is 26.1 Å². The predicted octanol–water partition coefficient (Wildman–Crippen LogP) is 5.95. The van der Waals surface area contributed by atoms with Crippen molar-refractivity contribution >= 4 is 34.1 Å². The zero-order valence-corrected chi connectivity index (χ0v) is 23.6. The molecule has 1 aliphatic heterocycles. The van der Waals surface area contributed by atoms with E-state index in [0.717, 1.165) is 34.1 Å². The molecule has 1 fully saturated rings. The number of nitro benzene ring substituents is 1. The van der Waals surface area contributed by atoms with Crippen molar-refractivity contribution in [2.24, 2.45) is 0 Å². The van der Waals surface area contributed by atoms with Crippen LogP contribution in [0.4, 0.5) is 22.0 Å². The first-order valence-electron chi connectivity index (χ1n) is 13.1. The summed E-state index contributed by atoms with van der Waals surface area (Å²) in [4.78, 5) is 23.4. The Balaban J connectivity index is 1.26. The third-order valence-electron chi connectivity index (χ3n) is 7.14. The number of fused-ring (bicyclic) bond motifs is 1. The molecule has 1 saturated carbocycles. The molecule has 11 nitrogen and oxygen atoms in total. The molecule has 212 valence electrons. The number of non-ortho nitro benzene ring substituents is 1. The third-order valence-corrected chi connectivity index (χ3v) is 8.61. The van der Waals surface area contributed by atoms with Crippen molar-refractivity contribution < 1.29 is 28.1 Å². The Kier molecular flexibility index (Phi) is 7.65. The SMILES string of the molecule is COC1CS(=O)c2ccc(Nc3cc(C4CCC(OC(=O)Oc5ccc([N+](=O)[O-])cc5)C4)nn3C(C)(C)C)cc21. The van der Waals surface area contributed by atoms with Gasteiger partial charge < -0.3 is 19.5 Å². The molecule has 40 heavy (non-hydrogen) atoms. The van der Waals surface area contributed by atoms with Crippen LogP contribution in [0.3, 0.4) is 0 Å². The average Bonchev–Trinajstić information content (AvgIpc) is 3.61. The van der Waals surface area contributed by atoms with E-state index in [4.69, 9.17) is 19.3 Å². The lowest BCUT2D eigenvalue weighted by atomic mass is 10.0. The smallest absolute Gasteiger partial charge is 0.431 e. The van der Waals surface area contributed by atoms with Gasteiger partial charge in [-0.3, -0.25) is 14.3 Å². The Bertz CT molecular complexity index is 1450. The molecule has 2 aromatic carbocycles. The summed E-state index contributed by atoms with van der Waals surface area (Å²) >= 11 is 0. The summed E-state index contributed by atoms with van der Waals surface area (Å²) in [6, 6.07) is 13.1. The summed E-state index contributed by atoms with van der Waals surface area (Å²) in [5.74, 6) is 1.57. The number of ether oxygens (including phenoxy) is 3. The van der Waals surface area contributed by atoms with E-state index < -0.39 is 21.9 Å². The number of benzene rings is 2. The molecule has 1 aliphatic carbocycles. The lowest BCUT2D eigenvalue weighted by Gasteiger charge is -2.23. The maximum Gasteiger partial charge on any atom is 0.514 e. The van der Waals surface area contributed by atoms with Gasteiger partial charge in [0.1, 0.15) is 17.7 Å². The number of carbonyl (C=O) groups excluding carboxylic acids is 1. The van der Waals surface area contributed by atoms with Crippen LogP contribution in [0.25, 0.3) is 0 Å². The van der Waals surface area contributed by atoms with Crippen molar-refractivity contribution in [3.63, 3.8) is 0 Å². The Morgan fingerprint density at radius 2 is 1.90 bits per heavy atom. The number of hydrogen-bond donors (Lipinski definition) is 1. The fourth-order valence-corrected chi connectivity index (χ4v) is 6.60. The van der Waals surface area contributed by atoms with E-state index >= 15 is 0 Å². The molecular weight excluding hydrogens is 536 g/mol. The third kappa shape index (κ3) is 5.87. The monoisotopic (exact) mass is 568 g/mol. The van der Waals surface area contributed by atoms with Crippen molar-refractivity contribution in [1.82, 2.24) is 9.78 Å². The number of anilines is 2. The molecular formula is C28H32N4O7S. The van der Waals surface area contributed by atoms with Crippen molar-refractivity contribution in [3.8, 4) is 5.75 Å². The van der Waals surface area contributed by atoms with Crippen LogP contribution < -0.4 is 10.1 Å². The van der Waals surface area contributed by atoms with Crippen LogP contribution >= 0.6 is 0 Å². The summed E-state index contributed by atoms with van der Waals surface area (Å²) in [6.45, 7) is 6.24. The molecule has 4 unspecified atom stereocenters. The first-order chi connectivity index (χ1) is 19.0. The minimum atomic E-state index is -1.06. The molecule has 2 aliphatic rings. The lowest BCUT2D eigenvalue weighted by Crippen LogP contribution is -2.24. The van der Waals surface area contributed by atoms with Crippen molar-refractivity contribution in [2.75, 3.05) is 18.2 Å². The van der Waals surface area contributed by atoms with Crippen LogP contribution in [-0.4, -0.2) is 44.0 Å². The normalized spacial score (nSPS) is 22.1. The number of methoxy groups -OCH3 is 1. The quantitative estimate of drug-likeness (QED) is 0.159. The summed E-state index contributed by atoms with van der Waals surface area (Å²) < 4.78 is 30.6. The van der Waals surface area contributed by atoms with Gasteiger partial charge in [0.2, 0.25) is 0 Å². The number of nitro groups is 1. The Labute approximate surface area is 234 Å². The molecule has 1 N–H and O–H groups in total. The second-order valence-electron chi connectivity index (χ2n) is 11.0. The molecule has 0 bridgehead atoms. The van der Waals surface area contributed by atoms with Gasteiger partial charge in [-0.15, -0.1) is 0 Å². The van der Waals surface area contributed by atoms with Crippen LogP contribution in [0.5, 0.6) is 5.75 Å². The van der Waals surface area contributed by atoms with Gasteiger partial charge in [-0.05, 0) is 75.9 Å². The van der Waals surface area contributed by atoms with Crippen LogP contribution in [0.15, 0.2) is 53.4 Å². The number of carbonyl (C=O) groups is 1. The number of aromatic nitrogens is 2. The molecule has 12 heteroatoms. The zero-order chi connectivity index (χ0) is 28.6. The average molecular weight is 569 g/mol. The van der Waals surface area contributed by atoms with Crippen LogP contribution in [0, 0.1) is 10.1 Å². The van der Waals surface area contributed by atoms with Crippen molar-refractivity contribution in [2.45, 2.75) is 68.6 Å². The molecule has 4 atom stereocenters. The lowest BCUT2D eigenvalue weighted by molar-refractivity contribution is -0.384. The molecule has 0 amide bonds. The van der Waals surface area contributed by atoms with E-state index in [1.165, 1.54) is 24.3 Å². The van der Waals surface area contributed by atoms with Crippen molar-refractivity contribution in [1.29, 1.82) is 0 Å². The van der Waals surface area contributed by atoms with Gasteiger partial charge >= 0.3 is 6.16 Å². The predicted molar refractivity (Wildman–Crippen MR) is 149 cm³/mol. The fraction of sp³-hybridized carbons (Fsp3) is 0.429. The van der Waals surface area contributed by atoms with Crippen LogP contribution in [0.1, 0.15) is 63.3 Å². The zero-order valence-electron chi connectivity index (χ0n) is 22.8. The van der Waals surface area contributed by atoms with Gasteiger partial charge in [-0.1, -0.05) is 0 Å².